The number of halogens is 1. The van der Waals surface area contributed by atoms with Crippen LogP contribution in [0.1, 0.15) is 24.2 Å². The molecule has 1 amide bonds. The molecule has 7 heteroatoms. The lowest BCUT2D eigenvalue weighted by molar-refractivity contribution is -0.135. The number of oxazole rings is 1. The van der Waals surface area contributed by atoms with Crippen molar-refractivity contribution in [2.45, 2.75) is 25.9 Å². The van der Waals surface area contributed by atoms with Crippen molar-refractivity contribution in [2.75, 3.05) is 6.54 Å². The average Bonchev–Trinajstić information content (AvgIpc) is 3.24. The van der Waals surface area contributed by atoms with Crippen molar-refractivity contribution >= 4 is 43.8 Å². The molecule has 4 aromatic rings. The van der Waals surface area contributed by atoms with Crippen LogP contribution in [-0.2, 0) is 17.8 Å². The van der Waals surface area contributed by atoms with E-state index in [-0.39, 0.29) is 5.91 Å². The summed E-state index contributed by atoms with van der Waals surface area (Å²) in [7, 11) is 0. The van der Waals surface area contributed by atoms with Gasteiger partial charge < -0.3 is 14.3 Å². The van der Waals surface area contributed by atoms with Gasteiger partial charge in [0.25, 0.3) is 0 Å². The second-order valence-corrected chi connectivity index (χ2v) is 7.99. The maximum absolute atomic E-state index is 13.2. The van der Waals surface area contributed by atoms with Crippen molar-refractivity contribution in [1.29, 1.82) is 0 Å². The van der Waals surface area contributed by atoms with E-state index >= 15 is 0 Å². The maximum atomic E-state index is 13.2. The van der Waals surface area contributed by atoms with Crippen molar-refractivity contribution in [3.05, 3.63) is 68.7 Å². The second kappa shape index (κ2) is 6.38. The van der Waals surface area contributed by atoms with Crippen LogP contribution in [0, 0.1) is 0 Å². The molecular formula is C21H18BrN3O3. The third-order valence-corrected chi connectivity index (χ3v) is 6.20. The first-order chi connectivity index (χ1) is 13.5. The molecule has 1 N–H and O–H groups in total. The molecule has 0 saturated carbocycles. The van der Waals surface area contributed by atoms with Gasteiger partial charge in [0.05, 0.1) is 11.0 Å². The Morgan fingerprint density at radius 2 is 2.04 bits per heavy atom. The van der Waals surface area contributed by atoms with Crippen LogP contribution in [0.5, 0.6) is 0 Å². The van der Waals surface area contributed by atoms with Crippen LogP contribution in [0.3, 0.4) is 0 Å². The monoisotopic (exact) mass is 439 g/mol. The summed E-state index contributed by atoms with van der Waals surface area (Å²) in [6, 6.07) is 12.6. The zero-order chi connectivity index (χ0) is 19.4. The summed E-state index contributed by atoms with van der Waals surface area (Å²) in [5, 5.41) is 1.13. The highest BCUT2D eigenvalue weighted by atomic mass is 79.9. The SMILES string of the molecule is CC(C(=O)N1CCc2[nH]c3c(Br)cccc3c2C1)n1c(=O)oc2ccccc21. The van der Waals surface area contributed by atoms with Crippen molar-refractivity contribution in [1.82, 2.24) is 14.5 Å². The molecule has 1 atom stereocenters. The van der Waals surface area contributed by atoms with Crippen LogP contribution >= 0.6 is 15.9 Å². The Kier molecular flexibility index (Phi) is 3.94. The van der Waals surface area contributed by atoms with Gasteiger partial charge >= 0.3 is 5.76 Å². The number of aromatic amines is 1. The predicted molar refractivity (Wildman–Crippen MR) is 110 cm³/mol. The van der Waals surface area contributed by atoms with Crippen LogP contribution in [0.25, 0.3) is 22.0 Å². The number of nitrogens with zero attached hydrogens (tertiary/aromatic N) is 2. The van der Waals surface area contributed by atoms with Gasteiger partial charge in [-0.15, -0.1) is 0 Å². The summed E-state index contributed by atoms with van der Waals surface area (Å²) >= 11 is 3.59. The Morgan fingerprint density at radius 3 is 2.89 bits per heavy atom. The van der Waals surface area contributed by atoms with E-state index in [0.29, 0.717) is 24.2 Å². The molecule has 2 aromatic carbocycles. The summed E-state index contributed by atoms with van der Waals surface area (Å²) in [5.74, 6) is -0.584. The van der Waals surface area contributed by atoms with Crippen molar-refractivity contribution < 1.29 is 9.21 Å². The van der Waals surface area contributed by atoms with Gasteiger partial charge in [0.2, 0.25) is 5.91 Å². The van der Waals surface area contributed by atoms with Crippen LogP contribution in [-0.4, -0.2) is 26.9 Å². The molecule has 1 unspecified atom stereocenters. The molecular weight excluding hydrogens is 422 g/mol. The quantitative estimate of drug-likeness (QED) is 0.513. The van der Waals surface area contributed by atoms with Crippen molar-refractivity contribution in [3.63, 3.8) is 0 Å². The lowest BCUT2D eigenvalue weighted by Crippen LogP contribution is -2.41. The standard InChI is InChI=1S/C21H18BrN3O3/c1-12(25-17-7-2-3-8-18(17)28-21(25)27)20(26)24-10-9-16-14(11-24)13-5-4-6-15(22)19(13)23-16/h2-8,12,23H,9-11H2,1H3. The number of carbonyl (C=O) groups is 1. The summed E-state index contributed by atoms with van der Waals surface area (Å²) in [6.45, 7) is 2.90. The largest absolute Gasteiger partial charge is 0.420 e. The molecule has 28 heavy (non-hydrogen) atoms. The molecule has 6 nitrogen and oxygen atoms in total. The fraction of sp³-hybridized carbons (Fsp3) is 0.238. The minimum atomic E-state index is -0.630. The maximum Gasteiger partial charge on any atom is 0.420 e. The molecule has 3 heterocycles. The molecule has 0 bridgehead atoms. The second-order valence-electron chi connectivity index (χ2n) is 7.14. The number of carbonyl (C=O) groups excluding carboxylic acids is 1. The molecule has 0 radical (unpaired) electrons. The summed E-state index contributed by atoms with van der Waals surface area (Å²) in [5.41, 5.74) is 4.51. The van der Waals surface area contributed by atoms with Crippen LogP contribution < -0.4 is 5.76 Å². The molecule has 5 rings (SSSR count). The summed E-state index contributed by atoms with van der Waals surface area (Å²) in [6.07, 6.45) is 0.760. The van der Waals surface area contributed by atoms with Crippen LogP contribution in [0.2, 0.25) is 0 Å². The highest BCUT2D eigenvalue weighted by molar-refractivity contribution is 9.10. The first-order valence-electron chi connectivity index (χ1n) is 9.21. The van der Waals surface area contributed by atoms with Crippen LogP contribution in [0.15, 0.2) is 56.1 Å². The third-order valence-electron chi connectivity index (χ3n) is 5.53. The van der Waals surface area contributed by atoms with E-state index in [2.05, 4.69) is 27.0 Å². The first-order valence-corrected chi connectivity index (χ1v) is 10.0. The molecule has 2 aromatic heterocycles. The van der Waals surface area contributed by atoms with Crippen molar-refractivity contribution in [2.24, 2.45) is 0 Å². The van der Waals surface area contributed by atoms with Gasteiger partial charge in [-0.05, 0) is 41.1 Å². The van der Waals surface area contributed by atoms with Gasteiger partial charge in [0.1, 0.15) is 6.04 Å². The number of nitrogens with one attached hydrogen (secondary N) is 1. The number of hydrogen-bond acceptors (Lipinski definition) is 3. The normalized spacial score (nSPS) is 15.1. The number of amides is 1. The zero-order valence-electron chi connectivity index (χ0n) is 15.2. The summed E-state index contributed by atoms with van der Waals surface area (Å²) < 4.78 is 7.76. The molecule has 0 aliphatic carbocycles. The number of aromatic nitrogens is 2. The number of rotatable bonds is 2. The van der Waals surface area contributed by atoms with E-state index in [1.54, 1.807) is 19.1 Å². The van der Waals surface area contributed by atoms with E-state index in [9.17, 15) is 9.59 Å². The van der Waals surface area contributed by atoms with E-state index in [0.717, 1.165) is 27.4 Å². The van der Waals surface area contributed by atoms with E-state index < -0.39 is 11.8 Å². The number of fused-ring (bicyclic) bond motifs is 4. The lowest BCUT2D eigenvalue weighted by atomic mass is 10.0. The number of H-pyrrole nitrogens is 1. The average molecular weight is 440 g/mol. The smallest absolute Gasteiger partial charge is 0.408 e. The highest BCUT2D eigenvalue weighted by Crippen LogP contribution is 2.32. The number of benzene rings is 2. The Morgan fingerprint density at radius 1 is 1.21 bits per heavy atom. The Labute approximate surface area is 168 Å². The van der Waals surface area contributed by atoms with Gasteiger partial charge in [0, 0.05) is 40.6 Å². The Bertz CT molecular complexity index is 1280. The fourth-order valence-electron chi connectivity index (χ4n) is 4.12. The predicted octanol–water partition coefficient (Wildman–Crippen LogP) is 3.98. The van der Waals surface area contributed by atoms with E-state index in [1.165, 1.54) is 10.3 Å². The number of hydrogen-bond donors (Lipinski definition) is 1. The van der Waals surface area contributed by atoms with Gasteiger partial charge in [-0.3, -0.25) is 9.36 Å². The topological polar surface area (TPSA) is 71.2 Å². The fourth-order valence-corrected chi connectivity index (χ4v) is 4.58. The molecule has 1 aliphatic heterocycles. The number of para-hydroxylation sites is 3. The molecule has 142 valence electrons. The van der Waals surface area contributed by atoms with Gasteiger partial charge in [-0.1, -0.05) is 24.3 Å². The van der Waals surface area contributed by atoms with Gasteiger partial charge in [-0.25, -0.2) is 4.79 Å². The molecule has 0 fully saturated rings. The highest BCUT2D eigenvalue weighted by Gasteiger charge is 2.30. The molecule has 0 saturated heterocycles. The first kappa shape index (κ1) is 17.3. The van der Waals surface area contributed by atoms with Crippen molar-refractivity contribution in [3.8, 4) is 0 Å². The van der Waals surface area contributed by atoms with Gasteiger partial charge in [0.15, 0.2) is 5.58 Å². The minimum Gasteiger partial charge on any atom is -0.408 e. The molecule has 0 spiro atoms. The minimum absolute atomic E-state index is 0.0800. The lowest BCUT2D eigenvalue weighted by Gasteiger charge is -2.29. The molecule has 1 aliphatic rings. The Hall–Kier alpha value is -2.80. The van der Waals surface area contributed by atoms with E-state index in [1.807, 2.05) is 29.2 Å². The zero-order valence-corrected chi connectivity index (χ0v) is 16.8. The van der Waals surface area contributed by atoms with E-state index in [4.69, 9.17) is 4.42 Å². The van der Waals surface area contributed by atoms with Gasteiger partial charge in [-0.2, -0.15) is 0 Å². The third kappa shape index (κ3) is 2.53. The van der Waals surface area contributed by atoms with Crippen LogP contribution in [0.4, 0.5) is 0 Å². The summed E-state index contributed by atoms with van der Waals surface area (Å²) in [4.78, 5) is 30.9. The Balaban J connectivity index is 1.50.